The maximum atomic E-state index is 15.1. The first-order valence-corrected chi connectivity index (χ1v) is 17.0. The number of benzene rings is 2. The molecule has 50 heavy (non-hydrogen) atoms. The molecule has 1 saturated carbocycles. The highest BCUT2D eigenvalue weighted by molar-refractivity contribution is 7.13. The van der Waals surface area contributed by atoms with Gasteiger partial charge in [0.15, 0.2) is 0 Å². The van der Waals surface area contributed by atoms with Gasteiger partial charge in [-0.1, -0.05) is 62.7 Å². The second-order valence-corrected chi connectivity index (χ2v) is 14.6. The van der Waals surface area contributed by atoms with Crippen LogP contribution in [-0.4, -0.2) is 61.5 Å². The lowest BCUT2D eigenvalue weighted by atomic mass is 9.75. The number of halogens is 3. The molecule has 16 heteroatoms. The summed E-state index contributed by atoms with van der Waals surface area (Å²) in [4.78, 5) is 49.4. The molecule has 3 amide bonds. The quantitative estimate of drug-likeness (QED) is 0.153. The van der Waals surface area contributed by atoms with Gasteiger partial charge in [0.1, 0.15) is 17.2 Å². The number of amides is 3. The zero-order valence-electron chi connectivity index (χ0n) is 27.3. The number of alkyl halides is 2. The Balaban J connectivity index is 1.45. The highest BCUT2D eigenvalue weighted by Gasteiger charge is 2.55. The number of ether oxygens (including phenoxy) is 1. The smallest absolute Gasteiger partial charge is 0.434 e. The fourth-order valence-electron chi connectivity index (χ4n) is 6.00. The molecule has 0 bridgehead atoms. The van der Waals surface area contributed by atoms with E-state index < -0.39 is 41.6 Å². The lowest BCUT2D eigenvalue weighted by Gasteiger charge is -2.35. The number of hydrogen-bond acceptors (Lipinski definition) is 7. The van der Waals surface area contributed by atoms with Crippen LogP contribution in [0, 0.1) is 5.41 Å². The Hall–Kier alpha value is -4.89. The highest BCUT2D eigenvalue weighted by Crippen LogP contribution is 2.43. The van der Waals surface area contributed by atoms with Gasteiger partial charge in [-0.15, -0.1) is 16.3 Å². The Labute approximate surface area is 295 Å². The fourth-order valence-corrected chi connectivity index (χ4v) is 6.93. The number of nitrogens with one attached hydrogen (secondary N) is 2. The normalized spacial score (nSPS) is 19.1. The molecular weight excluding hydrogens is 692 g/mol. The molecule has 4 aromatic rings. The lowest BCUT2D eigenvalue weighted by molar-refractivity contribution is -0.134. The molecule has 3 N–H and O–H groups in total. The van der Waals surface area contributed by atoms with E-state index in [9.17, 15) is 23.5 Å². The molecule has 2 aliphatic rings. The molecule has 1 aliphatic carbocycles. The maximum absolute atomic E-state index is 15.1. The molecule has 1 saturated heterocycles. The van der Waals surface area contributed by atoms with Crippen molar-refractivity contribution in [1.29, 1.82) is 0 Å². The minimum absolute atomic E-state index is 0.0133. The fraction of sp³-hybridized carbons (Fsp3) is 0.353. The topological polar surface area (TPSA) is 151 Å². The molecule has 3 heterocycles. The van der Waals surface area contributed by atoms with Crippen molar-refractivity contribution in [3.05, 3.63) is 82.6 Å². The van der Waals surface area contributed by atoms with E-state index in [0.717, 1.165) is 12.8 Å². The van der Waals surface area contributed by atoms with E-state index in [1.807, 2.05) is 20.8 Å². The van der Waals surface area contributed by atoms with E-state index >= 15 is 4.79 Å². The Morgan fingerprint density at radius 1 is 1.20 bits per heavy atom. The van der Waals surface area contributed by atoms with Crippen molar-refractivity contribution >= 4 is 47.0 Å². The molecule has 2 aromatic heterocycles. The summed E-state index contributed by atoms with van der Waals surface area (Å²) in [5, 5.41) is 22.3. The van der Waals surface area contributed by atoms with Gasteiger partial charge in [0.2, 0.25) is 5.96 Å². The molecule has 0 spiro atoms. The summed E-state index contributed by atoms with van der Waals surface area (Å²) in [5.74, 6) is -0.788. The van der Waals surface area contributed by atoms with Crippen LogP contribution in [0.15, 0.2) is 71.4 Å². The van der Waals surface area contributed by atoms with Crippen molar-refractivity contribution in [3.8, 4) is 21.7 Å². The van der Waals surface area contributed by atoms with Gasteiger partial charge in [-0.3, -0.25) is 9.69 Å². The molecule has 0 radical (unpaired) electrons. The standard InChI is InChI=1S/C34H34ClF2N7O5S/c1-33(2,3)18-34(22-7-4-19(5-8-22)21-15-39-43(16-21)29(36)37)28(45)44(30(42-34)41-31(46)47)26(17-49-32(48)40-23-9-10-23)20-6-11-25(35)24(14-20)27-38-12-13-50-27/h4-8,11-16,23,26,29H,9-10,17-18H2,1-3H3,(H,40,48)(H,41,42)(H,46,47)/t26-,34-/m1/s1. The van der Waals surface area contributed by atoms with Crippen LogP contribution < -0.4 is 10.6 Å². The number of carboxylic acid groups (broad SMARTS) is 1. The van der Waals surface area contributed by atoms with Crippen LogP contribution >= 0.6 is 22.9 Å². The van der Waals surface area contributed by atoms with Crippen LogP contribution in [0.5, 0.6) is 0 Å². The Bertz CT molecular complexity index is 1930. The van der Waals surface area contributed by atoms with Crippen molar-refractivity contribution in [2.45, 2.75) is 64.2 Å². The number of hydrogen-bond donors (Lipinski definition) is 3. The van der Waals surface area contributed by atoms with Crippen molar-refractivity contribution in [2.75, 3.05) is 6.61 Å². The number of nitrogens with zero attached hydrogens (tertiary/aromatic N) is 5. The SMILES string of the molecule is CC(C)(C)C[C@]1(c2ccc(-c3cnn(C(F)F)c3)cc2)NC(=NC(=O)O)N([C@H](COC(=O)NC2CC2)c2ccc(Cl)c(-c3nccs3)c2)C1=O. The summed E-state index contributed by atoms with van der Waals surface area (Å²) in [6, 6.07) is 10.8. The summed E-state index contributed by atoms with van der Waals surface area (Å²) >= 11 is 7.94. The van der Waals surface area contributed by atoms with Crippen molar-refractivity contribution in [1.82, 2.24) is 30.3 Å². The number of alkyl carbamates (subject to hydrolysis) is 1. The van der Waals surface area contributed by atoms with Crippen molar-refractivity contribution < 1.29 is 33.0 Å². The Morgan fingerprint density at radius 2 is 1.94 bits per heavy atom. The number of thiazole rings is 1. The summed E-state index contributed by atoms with van der Waals surface area (Å²) < 4.78 is 32.6. The van der Waals surface area contributed by atoms with E-state index in [-0.39, 0.29) is 25.0 Å². The minimum atomic E-state index is -2.80. The molecule has 2 fully saturated rings. The minimum Gasteiger partial charge on any atom is -0.463 e. The molecule has 12 nitrogen and oxygen atoms in total. The Morgan fingerprint density at radius 3 is 2.54 bits per heavy atom. The Kier molecular flexibility index (Phi) is 9.64. The largest absolute Gasteiger partial charge is 0.463 e. The summed E-state index contributed by atoms with van der Waals surface area (Å²) in [7, 11) is 0. The first-order chi connectivity index (χ1) is 23.7. The number of carbonyl (C=O) groups is 3. The van der Waals surface area contributed by atoms with Gasteiger partial charge in [-0.25, -0.2) is 19.3 Å². The van der Waals surface area contributed by atoms with Crippen LogP contribution in [0.25, 0.3) is 21.7 Å². The van der Waals surface area contributed by atoms with Gasteiger partial charge in [0, 0.05) is 34.9 Å². The van der Waals surface area contributed by atoms with Crippen molar-refractivity contribution in [2.24, 2.45) is 10.4 Å². The molecule has 1 aliphatic heterocycles. The van der Waals surface area contributed by atoms with Gasteiger partial charge >= 0.3 is 18.7 Å². The highest BCUT2D eigenvalue weighted by atomic mass is 35.5. The average Bonchev–Trinajstić information content (AvgIpc) is 3.40. The number of aliphatic imine (C=N–C) groups is 1. The van der Waals surface area contributed by atoms with Gasteiger partial charge in [-0.2, -0.15) is 13.9 Å². The third-order valence-corrected chi connectivity index (χ3v) is 9.40. The van der Waals surface area contributed by atoms with Crippen LogP contribution in [0.4, 0.5) is 18.4 Å². The monoisotopic (exact) mass is 725 g/mol. The van der Waals surface area contributed by atoms with Crippen molar-refractivity contribution in [3.63, 3.8) is 0 Å². The van der Waals surface area contributed by atoms with E-state index in [0.29, 0.717) is 42.5 Å². The average molecular weight is 726 g/mol. The number of rotatable bonds is 10. The van der Waals surface area contributed by atoms with Crippen LogP contribution in [-0.2, 0) is 15.1 Å². The maximum Gasteiger partial charge on any atom is 0.434 e. The third-order valence-electron chi connectivity index (χ3n) is 8.27. The number of guanidine groups is 1. The molecular formula is C34H34ClF2N7O5S. The number of aromatic nitrogens is 3. The van der Waals surface area contributed by atoms with Crippen LogP contribution in [0.3, 0.4) is 0 Å². The zero-order valence-corrected chi connectivity index (χ0v) is 28.8. The molecule has 0 unspecified atom stereocenters. The molecule has 2 atom stereocenters. The summed E-state index contributed by atoms with van der Waals surface area (Å²) in [6.07, 6.45) is 3.81. The predicted octanol–water partition coefficient (Wildman–Crippen LogP) is 7.45. The summed E-state index contributed by atoms with van der Waals surface area (Å²) in [5.41, 5.74) is 0.559. The molecule has 2 aromatic carbocycles. The van der Waals surface area contributed by atoms with E-state index in [1.54, 1.807) is 54.0 Å². The van der Waals surface area contributed by atoms with Crippen LogP contribution in [0.2, 0.25) is 5.02 Å². The zero-order chi connectivity index (χ0) is 35.8. The van der Waals surface area contributed by atoms with E-state index in [1.165, 1.54) is 28.6 Å². The first kappa shape index (κ1) is 35.0. The second-order valence-electron chi connectivity index (χ2n) is 13.3. The van der Waals surface area contributed by atoms with Gasteiger partial charge in [-0.05, 0) is 53.5 Å². The van der Waals surface area contributed by atoms with Gasteiger partial charge < -0.3 is 20.5 Å². The predicted molar refractivity (Wildman–Crippen MR) is 183 cm³/mol. The van der Waals surface area contributed by atoms with Gasteiger partial charge in [0.25, 0.3) is 5.91 Å². The molecule has 6 rings (SSSR count). The second kappa shape index (κ2) is 13.8. The molecule has 262 valence electrons. The number of carbonyl (C=O) groups excluding carboxylic acids is 2. The first-order valence-electron chi connectivity index (χ1n) is 15.7. The lowest BCUT2D eigenvalue weighted by Crippen LogP contribution is -2.47. The van der Waals surface area contributed by atoms with Crippen LogP contribution in [0.1, 0.15) is 63.8 Å². The van der Waals surface area contributed by atoms with E-state index in [2.05, 4.69) is 25.7 Å². The third kappa shape index (κ3) is 7.48. The van der Waals surface area contributed by atoms with Gasteiger partial charge in [0.05, 0.1) is 17.3 Å². The van der Waals surface area contributed by atoms with E-state index in [4.69, 9.17) is 16.3 Å². The summed E-state index contributed by atoms with van der Waals surface area (Å²) in [6.45, 7) is 2.68.